The topological polar surface area (TPSA) is 108 Å². The highest BCUT2D eigenvalue weighted by Gasteiger charge is 2.15. The molecular weight excluding hydrogens is 418 g/mol. The van der Waals surface area contributed by atoms with E-state index >= 15 is 0 Å². The van der Waals surface area contributed by atoms with Crippen molar-refractivity contribution in [3.8, 4) is 11.3 Å². The van der Waals surface area contributed by atoms with Crippen molar-refractivity contribution in [3.63, 3.8) is 0 Å². The van der Waals surface area contributed by atoms with E-state index in [-0.39, 0.29) is 24.8 Å². The lowest BCUT2D eigenvalue weighted by molar-refractivity contribution is -0.136. The molecule has 0 radical (unpaired) electrons. The fraction of sp³-hybridized carbons (Fsp3) is 0.0769. The lowest BCUT2D eigenvalue weighted by Gasteiger charge is -2.11. The van der Waals surface area contributed by atoms with Crippen LogP contribution in [0.1, 0.15) is 27.1 Å². The highest BCUT2D eigenvalue weighted by molar-refractivity contribution is 6.13. The Morgan fingerprint density at radius 1 is 0.818 bits per heavy atom. The van der Waals surface area contributed by atoms with Crippen molar-refractivity contribution in [1.82, 2.24) is 10.3 Å². The van der Waals surface area contributed by atoms with Crippen LogP contribution in [0.2, 0.25) is 0 Å². The van der Waals surface area contributed by atoms with Crippen molar-refractivity contribution < 1.29 is 19.5 Å². The van der Waals surface area contributed by atoms with Crippen LogP contribution < -0.4 is 10.6 Å². The Bertz CT molecular complexity index is 1320. The van der Waals surface area contributed by atoms with Gasteiger partial charge in [-0.2, -0.15) is 0 Å². The predicted octanol–water partition coefficient (Wildman–Crippen LogP) is 4.36. The Kier molecular flexibility index (Phi) is 6.40. The molecule has 7 heteroatoms. The zero-order chi connectivity index (χ0) is 23.2. The van der Waals surface area contributed by atoms with Crippen LogP contribution in [0.3, 0.4) is 0 Å². The van der Waals surface area contributed by atoms with Gasteiger partial charge in [-0.15, -0.1) is 0 Å². The SMILES string of the molecule is O=C(O)CCNC(=O)c1ccc(NC(=O)c2cc(-c3ccccc3)nc3ccccc23)cc1. The van der Waals surface area contributed by atoms with Crippen molar-refractivity contribution in [3.05, 3.63) is 96.1 Å². The normalized spacial score (nSPS) is 10.5. The largest absolute Gasteiger partial charge is 0.481 e. The molecule has 0 saturated heterocycles. The van der Waals surface area contributed by atoms with Crippen molar-refractivity contribution in [1.29, 1.82) is 0 Å². The van der Waals surface area contributed by atoms with Gasteiger partial charge in [0.1, 0.15) is 0 Å². The molecule has 33 heavy (non-hydrogen) atoms. The number of aromatic nitrogens is 1. The number of rotatable bonds is 7. The quantitative estimate of drug-likeness (QED) is 0.397. The molecule has 7 nitrogen and oxygen atoms in total. The highest BCUT2D eigenvalue weighted by atomic mass is 16.4. The summed E-state index contributed by atoms with van der Waals surface area (Å²) in [7, 11) is 0. The molecule has 0 spiro atoms. The molecule has 4 aromatic rings. The number of amides is 2. The van der Waals surface area contributed by atoms with Crippen molar-refractivity contribution >= 4 is 34.4 Å². The number of carbonyl (C=O) groups excluding carboxylic acids is 2. The number of hydrogen-bond acceptors (Lipinski definition) is 4. The average molecular weight is 439 g/mol. The molecule has 0 aliphatic heterocycles. The second kappa shape index (κ2) is 9.74. The molecule has 0 aliphatic rings. The minimum Gasteiger partial charge on any atom is -0.481 e. The molecular formula is C26H21N3O4. The number of anilines is 1. The third-order valence-electron chi connectivity index (χ3n) is 5.06. The Labute approximate surface area is 190 Å². The van der Waals surface area contributed by atoms with E-state index in [2.05, 4.69) is 10.6 Å². The summed E-state index contributed by atoms with van der Waals surface area (Å²) in [5.41, 5.74) is 3.74. The van der Waals surface area contributed by atoms with Gasteiger partial charge in [-0.05, 0) is 36.4 Å². The zero-order valence-electron chi connectivity index (χ0n) is 17.6. The van der Waals surface area contributed by atoms with Gasteiger partial charge in [0.15, 0.2) is 0 Å². The van der Waals surface area contributed by atoms with E-state index in [0.29, 0.717) is 22.5 Å². The van der Waals surface area contributed by atoms with E-state index in [1.165, 1.54) is 0 Å². The molecule has 4 rings (SSSR count). The molecule has 164 valence electrons. The van der Waals surface area contributed by atoms with Crippen molar-refractivity contribution in [2.75, 3.05) is 11.9 Å². The first kappa shape index (κ1) is 21.7. The van der Waals surface area contributed by atoms with Crippen LogP contribution in [-0.2, 0) is 4.79 Å². The first-order chi connectivity index (χ1) is 16.0. The minimum atomic E-state index is -0.979. The number of hydrogen-bond donors (Lipinski definition) is 3. The van der Waals surface area contributed by atoms with Crippen LogP contribution in [0.15, 0.2) is 84.9 Å². The van der Waals surface area contributed by atoms with Crippen LogP contribution in [0, 0.1) is 0 Å². The maximum Gasteiger partial charge on any atom is 0.305 e. The highest BCUT2D eigenvalue weighted by Crippen LogP contribution is 2.25. The third-order valence-corrected chi connectivity index (χ3v) is 5.06. The van der Waals surface area contributed by atoms with Gasteiger partial charge < -0.3 is 15.7 Å². The predicted molar refractivity (Wildman–Crippen MR) is 126 cm³/mol. The molecule has 0 fully saturated rings. The van der Waals surface area contributed by atoms with Gasteiger partial charge in [-0.3, -0.25) is 14.4 Å². The monoisotopic (exact) mass is 439 g/mol. The van der Waals surface area contributed by atoms with Gasteiger partial charge in [-0.25, -0.2) is 4.98 Å². The Morgan fingerprint density at radius 3 is 2.24 bits per heavy atom. The fourth-order valence-electron chi connectivity index (χ4n) is 3.41. The summed E-state index contributed by atoms with van der Waals surface area (Å²) < 4.78 is 0. The van der Waals surface area contributed by atoms with E-state index in [4.69, 9.17) is 10.1 Å². The van der Waals surface area contributed by atoms with Gasteiger partial charge in [0.05, 0.1) is 23.2 Å². The molecule has 3 N–H and O–H groups in total. The van der Waals surface area contributed by atoms with Crippen LogP contribution in [-0.4, -0.2) is 34.4 Å². The van der Waals surface area contributed by atoms with Crippen LogP contribution in [0.4, 0.5) is 5.69 Å². The minimum absolute atomic E-state index is 0.0471. The number of aliphatic carboxylic acids is 1. The summed E-state index contributed by atoms with van der Waals surface area (Å²) in [6.07, 6.45) is -0.148. The first-order valence-corrected chi connectivity index (χ1v) is 10.4. The number of nitrogens with zero attached hydrogens (tertiary/aromatic N) is 1. The molecule has 1 heterocycles. The van der Waals surface area contributed by atoms with Gasteiger partial charge >= 0.3 is 5.97 Å². The van der Waals surface area contributed by atoms with Crippen LogP contribution in [0.5, 0.6) is 0 Å². The van der Waals surface area contributed by atoms with Gasteiger partial charge in [-0.1, -0.05) is 48.5 Å². The Hall–Kier alpha value is -4.52. The summed E-state index contributed by atoms with van der Waals surface area (Å²) in [6.45, 7) is 0.0471. The van der Waals surface area contributed by atoms with Crippen LogP contribution >= 0.6 is 0 Å². The molecule has 0 aliphatic carbocycles. The smallest absolute Gasteiger partial charge is 0.305 e. The summed E-state index contributed by atoms with van der Waals surface area (Å²) in [5.74, 6) is -1.64. The molecule has 0 saturated carbocycles. The molecule has 0 unspecified atom stereocenters. The lowest BCUT2D eigenvalue weighted by atomic mass is 10.0. The first-order valence-electron chi connectivity index (χ1n) is 10.4. The number of benzene rings is 3. The Balaban J connectivity index is 1.55. The van der Waals surface area contributed by atoms with E-state index in [9.17, 15) is 14.4 Å². The van der Waals surface area contributed by atoms with E-state index in [1.807, 2.05) is 54.6 Å². The number of carbonyl (C=O) groups is 3. The molecule has 0 bridgehead atoms. The lowest BCUT2D eigenvalue weighted by Crippen LogP contribution is -2.25. The summed E-state index contributed by atoms with van der Waals surface area (Å²) in [6, 6.07) is 25.3. The standard InChI is InChI=1S/C26H21N3O4/c30-24(31)14-15-27-25(32)18-10-12-19(13-11-18)28-26(33)21-16-23(17-6-2-1-3-7-17)29-22-9-5-4-8-20(21)22/h1-13,16H,14-15H2,(H,27,32)(H,28,33)(H,30,31). The van der Waals surface area contributed by atoms with Gasteiger partial charge in [0.2, 0.25) is 0 Å². The third kappa shape index (κ3) is 5.22. The second-order valence-corrected chi connectivity index (χ2v) is 7.37. The van der Waals surface area contributed by atoms with Crippen molar-refractivity contribution in [2.45, 2.75) is 6.42 Å². The second-order valence-electron chi connectivity index (χ2n) is 7.37. The maximum atomic E-state index is 13.2. The zero-order valence-corrected chi connectivity index (χ0v) is 17.6. The number of fused-ring (bicyclic) bond motifs is 1. The Morgan fingerprint density at radius 2 is 1.52 bits per heavy atom. The van der Waals surface area contributed by atoms with Gasteiger partial charge in [0.25, 0.3) is 11.8 Å². The average Bonchev–Trinajstić information content (AvgIpc) is 2.84. The number of carboxylic acid groups (broad SMARTS) is 1. The van der Waals surface area contributed by atoms with Gasteiger partial charge in [0, 0.05) is 28.7 Å². The number of pyridine rings is 1. The van der Waals surface area contributed by atoms with Crippen LogP contribution in [0.25, 0.3) is 22.2 Å². The summed E-state index contributed by atoms with van der Waals surface area (Å²) in [4.78, 5) is 40.5. The summed E-state index contributed by atoms with van der Waals surface area (Å²) in [5, 5.41) is 14.8. The molecule has 0 atom stereocenters. The number of para-hydroxylation sites is 1. The van der Waals surface area contributed by atoms with E-state index < -0.39 is 5.97 Å². The van der Waals surface area contributed by atoms with E-state index in [1.54, 1.807) is 30.3 Å². The molecule has 1 aromatic heterocycles. The maximum absolute atomic E-state index is 13.2. The summed E-state index contributed by atoms with van der Waals surface area (Å²) >= 11 is 0. The number of nitrogens with one attached hydrogen (secondary N) is 2. The van der Waals surface area contributed by atoms with E-state index in [0.717, 1.165) is 16.5 Å². The molecule has 2 amide bonds. The fourth-order valence-corrected chi connectivity index (χ4v) is 3.41. The number of carboxylic acids is 1. The molecule has 3 aromatic carbocycles. The van der Waals surface area contributed by atoms with Crippen molar-refractivity contribution in [2.24, 2.45) is 0 Å².